The molecule has 0 radical (unpaired) electrons. The average molecular weight is 573 g/mol. The van der Waals surface area contributed by atoms with Crippen molar-refractivity contribution in [3.05, 3.63) is 102 Å². The Morgan fingerprint density at radius 1 is 0.767 bits per heavy atom. The van der Waals surface area contributed by atoms with E-state index in [4.69, 9.17) is 0 Å². The molecule has 0 saturated heterocycles. The van der Waals surface area contributed by atoms with E-state index in [9.17, 15) is 4.79 Å². The van der Waals surface area contributed by atoms with Crippen molar-refractivity contribution in [1.29, 1.82) is 0 Å². The van der Waals surface area contributed by atoms with Gasteiger partial charge in [0.1, 0.15) is 5.78 Å². The molecular weight excluding hydrogens is 553 g/mol. The van der Waals surface area contributed by atoms with E-state index in [0.717, 1.165) is 28.2 Å². The van der Waals surface area contributed by atoms with Crippen LogP contribution in [-0.2, 0) is 21.1 Å². The third kappa shape index (κ3) is 4.55. The molecule has 0 aliphatic carbocycles. The van der Waals surface area contributed by atoms with Crippen molar-refractivity contribution in [2.24, 2.45) is 0 Å². The molecule has 30 heavy (non-hydrogen) atoms. The van der Waals surface area contributed by atoms with E-state index in [2.05, 4.69) is 22.1 Å². The fourth-order valence-corrected chi connectivity index (χ4v) is 3.11. The molecule has 4 aromatic rings. The molecule has 0 unspecified atom stereocenters. The maximum absolute atomic E-state index is 13.4. The quantitative estimate of drug-likeness (QED) is 0.257. The van der Waals surface area contributed by atoms with Crippen molar-refractivity contribution in [1.82, 2.24) is 9.97 Å². The first-order chi connectivity index (χ1) is 14.1. The number of rotatable bonds is 5. The summed E-state index contributed by atoms with van der Waals surface area (Å²) in [7, 11) is 3.82. The van der Waals surface area contributed by atoms with Gasteiger partial charge in [-0.2, -0.15) is 0 Å². The minimum Gasteiger partial charge on any atom is -0.408 e. The van der Waals surface area contributed by atoms with Gasteiger partial charge in [0.15, 0.2) is 0 Å². The zero-order valence-corrected chi connectivity index (χ0v) is 18.8. The molecule has 0 aliphatic heterocycles. The number of carbonyl (C=O) groups excluding carboxylic acids is 1. The molecule has 150 valence electrons. The molecule has 0 saturated carbocycles. The largest absolute Gasteiger partial charge is 2.00 e. The molecule has 5 heteroatoms. The number of carbonyl (C=O) groups is 1. The smallest absolute Gasteiger partial charge is 0.408 e. The second-order valence-corrected chi connectivity index (χ2v) is 6.76. The molecule has 2 aromatic carbocycles. The van der Waals surface area contributed by atoms with Crippen LogP contribution in [0.1, 0.15) is 15.9 Å². The first-order valence-electron chi connectivity index (χ1n) is 9.27. The molecule has 0 aliphatic rings. The van der Waals surface area contributed by atoms with Gasteiger partial charge in [0.05, 0.1) is 0 Å². The standard InChI is InChI=1S/C25H19N3O.Pt/c1-28(2)24-13-12-19(23-11-4-6-15-27-23)17-21(24)25(29)20-9-7-8-18(16-20)22-10-3-5-14-26-22;/h3-15H,1-2H3;/q-2;+2. The van der Waals surface area contributed by atoms with Gasteiger partial charge in [-0.1, -0.05) is 46.5 Å². The summed E-state index contributed by atoms with van der Waals surface area (Å²) in [5, 5.41) is 0. The van der Waals surface area contributed by atoms with Crippen molar-refractivity contribution >= 4 is 11.5 Å². The van der Waals surface area contributed by atoms with Gasteiger partial charge >= 0.3 is 21.1 Å². The first kappa shape index (κ1) is 21.6. The zero-order valence-electron chi connectivity index (χ0n) is 16.6. The number of hydrogen-bond acceptors (Lipinski definition) is 4. The Hall–Kier alpha value is -3.10. The van der Waals surface area contributed by atoms with Gasteiger partial charge in [0.2, 0.25) is 0 Å². The molecule has 0 spiro atoms. The van der Waals surface area contributed by atoms with Crippen molar-refractivity contribution in [3.8, 4) is 22.5 Å². The van der Waals surface area contributed by atoms with E-state index in [1.165, 1.54) is 0 Å². The predicted octanol–water partition coefficient (Wildman–Crippen LogP) is 4.71. The number of nitrogens with zero attached hydrogens (tertiary/aromatic N) is 3. The Morgan fingerprint density at radius 2 is 1.40 bits per heavy atom. The molecule has 0 amide bonds. The van der Waals surface area contributed by atoms with Crippen LogP contribution in [0.5, 0.6) is 0 Å². The Morgan fingerprint density at radius 3 is 1.97 bits per heavy atom. The number of anilines is 1. The molecular formula is C25H19N3OPt. The van der Waals surface area contributed by atoms with Gasteiger partial charge in [0.25, 0.3) is 0 Å². The maximum Gasteiger partial charge on any atom is 2.00 e. The average Bonchev–Trinajstić information content (AvgIpc) is 2.79. The molecule has 4 rings (SSSR count). The fraction of sp³-hybridized carbons (Fsp3) is 0.0800. The number of ketones is 1. The summed E-state index contributed by atoms with van der Waals surface area (Å²) in [5.41, 5.74) is 4.88. The summed E-state index contributed by atoms with van der Waals surface area (Å²) in [6.45, 7) is 0. The Bertz CT molecular complexity index is 1150. The van der Waals surface area contributed by atoms with Crippen LogP contribution in [0.25, 0.3) is 22.5 Å². The van der Waals surface area contributed by atoms with Crippen LogP contribution >= 0.6 is 0 Å². The summed E-state index contributed by atoms with van der Waals surface area (Å²) in [5.74, 6) is -0.135. The molecule has 0 fully saturated rings. The molecule has 0 atom stereocenters. The summed E-state index contributed by atoms with van der Waals surface area (Å²) >= 11 is 0. The minimum atomic E-state index is -0.135. The van der Waals surface area contributed by atoms with E-state index >= 15 is 0 Å². The maximum atomic E-state index is 13.4. The molecule has 0 bridgehead atoms. The molecule has 2 heterocycles. The second-order valence-electron chi connectivity index (χ2n) is 6.76. The number of hydrogen-bond donors (Lipinski definition) is 0. The van der Waals surface area contributed by atoms with Crippen LogP contribution in [0.4, 0.5) is 5.69 Å². The predicted molar refractivity (Wildman–Crippen MR) is 115 cm³/mol. The molecule has 0 N–H and O–H groups in total. The summed E-state index contributed by atoms with van der Waals surface area (Å²) in [6.07, 6.45) is 3.46. The number of benzene rings is 2. The van der Waals surface area contributed by atoms with Gasteiger partial charge in [-0.05, 0) is 31.9 Å². The van der Waals surface area contributed by atoms with E-state index in [0.29, 0.717) is 11.1 Å². The number of pyridine rings is 2. The van der Waals surface area contributed by atoms with E-state index in [1.807, 2.05) is 79.7 Å². The van der Waals surface area contributed by atoms with Crippen LogP contribution in [-0.4, -0.2) is 29.8 Å². The third-order valence-corrected chi connectivity index (χ3v) is 4.55. The van der Waals surface area contributed by atoms with Crippen molar-refractivity contribution in [2.75, 3.05) is 19.0 Å². The van der Waals surface area contributed by atoms with Gasteiger partial charge in [-0.3, -0.25) is 9.97 Å². The van der Waals surface area contributed by atoms with E-state index in [1.54, 1.807) is 18.5 Å². The van der Waals surface area contributed by atoms with E-state index < -0.39 is 0 Å². The van der Waals surface area contributed by atoms with Crippen LogP contribution in [0, 0.1) is 12.1 Å². The van der Waals surface area contributed by atoms with E-state index in [-0.39, 0.29) is 26.8 Å². The van der Waals surface area contributed by atoms with Crippen LogP contribution < -0.4 is 4.90 Å². The SMILES string of the molecule is CN(C)c1ccc(-c2ccccn2)[c-]c1C(=O)c1[c-]c(-c2ccccn2)ccc1.[Pt+2]. The third-order valence-electron chi connectivity index (χ3n) is 4.55. The van der Waals surface area contributed by atoms with Crippen molar-refractivity contribution in [2.45, 2.75) is 0 Å². The summed E-state index contributed by atoms with van der Waals surface area (Å²) < 4.78 is 0. The van der Waals surface area contributed by atoms with Crippen LogP contribution in [0.2, 0.25) is 0 Å². The number of aromatic nitrogens is 2. The topological polar surface area (TPSA) is 46.1 Å². The van der Waals surface area contributed by atoms with Crippen molar-refractivity contribution in [3.63, 3.8) is 0 Å². The Balaban J connectivity index is 0.00000256. The monoisotopic (exact) mass is 572 g/mol. The Labute approximate surface area is 190 Å². The Kier molecular flexibility index (Phi) is 6.91. The van der Waals surface area contributed by atoms with Gasteiger partial charge in [-0.15, -0.1) is 42.5 Å². The van der Waals surface area contributed by atoms with Crippen LogP contribution in [0.15, 0.2) is 79.1 Å². The normalized spacial score (nSPS) is 10.2. The first-order valence-corrected chi connectivity index (χ1v) is 9.27. The summed E-state index contributed by atoms with van der Waals surface area (Å²) in [4.78, 5) is 24.1. The molecule has 2 aromatic heterocycles. The second kappa shape index (κ2) is 9.60. The zero-order chi connectivity index (χ0) is 20.2. The van der Waals surface area contributed by atoms with Gasteiger partial charge in [-0.25, -0.2) is 0 Å². The van der Waals surface area contributed by atoms with Crippen LogP contribution in [0.3, 0.4) is 0 Å². The summed E-state index contributed by atoms with van der Waals surface area (Å²) in [6, 6.07) is 27.3. The van der Waals surface area contributed by atoms with Crippen molar-refractivity contribution < 1.29 is 25.9 Å². The van der Waals surface area contributed by atoms with Gasteiger partial charge in [0, 0.05) is 23.8 Å². The molecule has 4 nitrogen and oxygen atoms in total. The minimum absolute atomic E-state index is 0. The fourth-order valence-electron chi connectivity index (χ4n) is 3.11. The van der Waals surface area contributed by atoms with Gasteiger partial charge < -0.3 is 9.69 Å².